The quantitative estimate of drug-likeness (QED) is 0.737. The highest BCUT2D eigenvalue weighted by atomic mass is 32.1. The molecule has 3 aromatic heterocycles. The number of hydrogen-bond donors (Lipinski definition) is 1. The fraction of sp³-hybridized carbons (Fsp3) is 0.333. The molecule has 0 spiro atoms. The zero-order valence-electron chi connectivity index (χ0n) is 14.3. The molecule has 0 atom stereocenters. The molecule has 3 heterocycles. The maximum atomic E-state index is 12.7. The van der Waals surface area contributed by atoms with Crippen molar-refractivity contribution >= 4 is 27.5 Å². The maximum absolute atomic E-state index is 12.7. The second-order valence-electron chi connectivity index (χ2n) is 5.87. The summed E-state index contributed by atoms with van der Waals surface area (Å²) in [7, 11) is 0. The van der Waals surface area contributed by atoms with Crippen LogP contribution >= 0.6 is 11.3 Å². The molecule has 6 nitrogen and oxygen atoms in total. The van der Waals surface area contributed by atoms with Crippen LogP contribution in [0.15, 0.2) is 35.6 Å². The first-order chi connectivity index (χ1) is 12.1. The van der Waals surface area contributed by atoms with Gasteiger partial charge in [0.25, 0.3) is 11.5 Å². The molecule has 0 aliphatic rings. The molecule has 0 aliphatic carbocycles. The van der Waals surface area contributed by atoms with Crippen molar-refractivity contribution in [1.82, 2.24) is 19.9 Å². The molecular weight excluding hydrogens is 336 g/mol. The van der Waals surface area contributed by atoms with Gasteiger partial charge in [0, 0.05) is 25.5 Å². The van der Waals surface area contributed by atoms with Crippen LogP contribution in [0.2, 0.25) is 0 Å². The average Bonchev–Trinajstić information content (AvgIpc) is 2.97. The average molecular weight is 356 g/mol. The largest absolute Gasteiger partial charge is 0.347 e. The number of aromatic nitrogens is 3. The van der Waals surface area contributed by atoms with Crippen molar-refractivity contribution < 1.29 is 4.79 Å². The molecular formula is C18H20N4O2S. The van der Waals surface area contributed by atoms with Crippen molar-refractivity contribution in [2.75, 3.05) is 0 Å². The number of thiophene rings is 1. The molecule has 0 radical (unpaired) electrons. The van der Waals surface area contributed by atoms with Gasteiger partial charge in [-0.2, -0.15) is 0 Å². The van der Waals surface area contributed by atoms with E-state index >= 15 is 0 Å². The maximum Gasteiger partial charge on any atom is 0.262 e. The Morgan fingerprint density at radius 3 is 2.80 bits per heavy atom. The van der Waals surface area contributed by atoms with Crippen molar-refractivity contribution in [3.05, 3.63) is 57.2 Å². The summed E-state index contributed by atoms with van der Waals surface area (Å²) in [4.78, 5) is 34.7. The Kier molecular flexibility index (Phi) is 5.23. The molecule has 0 aromatic carbocycles. The smallest absolute Gasteiger partial charge is 0.262 e. The van der Waals surface area contributed by atoms with Crippen LogP contribution in [0.5, 0.6) is 0 Å². The van der Waals surface area contributed by atoms with E-state index in [2.05, 4.69) is 22.2 Å². The van der Waals surface area contributed by atoms with Crippen LogP contribution in [0.1, 0.15) is 40.6 Å². The van der Waals surface area contributed by atoms with E-state index in [9.17, 15) is 9.59 Å². The second-order valence-corrected chi connectivity index (χ2v) is 6.87. The Hall–Kier alpha value is -2.54. The van der Waals surface area contributed by atoms with E-state index in [1.165, 1.54) is 11.3 Å². The number of nitrogens with one attached hydrogen (secondary N) is 1. The van der Waals surface area contributed by atoms with Crippen molar-refractivity contribution in [3.63, 3.8) is 0 Å². The van der Waals surface area contributed by atoms with Gasteiger partial charge in [-0.05, 0) is 36.6 Å². The van der Waals surface area contributed by atoms with E-state index < -0.39 is 0 Å². The molecule has 7 heteroatoms. The lowest BCUT2D eigenvalue weighted by molar-refractivity contribution is 0.0954. The van der Waals surface area contributed by atoms with E-state index in [0.717, 1.165) is 18.4 Å². The molecule has 3 aromatic rings. The molecule has 0 saturated heterocycles. The van der Waals surface area contributed by atoms with Crippen molar-refractivity contribution in [2.24, 2.45) is 0 Å². The predicted octanol–water partition coefficient (Wildman–Crippen LogP) is 2.89. The van der Waals surface area contributed by atoms with Crippen molar-refractivity contribution in [1.29, 1.82) is 0 Å². The molecule has 0 aliphatic heterocycles. The van der Waals surface area contributed by atoms with Gasteiger partial charge in [0.1, 0.15) is 4.83 Å². The topological polar surface area (TPSA) is 76.9 Å². The molecule has 1 N–H and O–H groups in total. The highest BCUT2D eigenvalue weighted by Gasteiger charge is 2.19. The lowest BCUT2D eigenvalue weighted by Crippen LogP contribution is -2.23. The molecule has 0 unspecified atom stereocenters. The van der Waals surface area contributed by atoms with Crippen LogP contribution in [-0.4, -0.2) is 20.4 Å². The third-order valence-corrected chi connectivity index (χ3v) is 5.28. The zero-order chi connectivity index (χ0) is 17.8. The van der Waals surface area contributed by atoms with Crippen LogP contribution in [-0.2, 0) is 13.1 Å². The summed E-state index contributed by atoms with van der Waals surface area (Å²) >= 11 is 1.27. The first kappa shape index (κ1) is 17.3. The monoisotopic (exact) mass is 356 g/mol. The van der Waals surface area contributed by atoms with Gasteiger partial charge in [0.15, 0.2) is 0 Å². The lowest BCUT2D eigenvalue weighted by Gasteiger charge is -2.04. The molecule has 130 valence electrons. The normalized spacial score (nSPS) is 11.0. The Morgan fingerprint density at radius 2 is 2.08 bits per heavy atom. The summed E-state index contributed by atoms with van der Waals surface area (Å²) in [5.41, 5.74) is 1.61. The number of unbranched alkanes of at least 4 members (excludes halogenated alkanes) is 1. The lowest BCUT2D eigenvalue weighted by atomic mass is 10.2. The van der Waals surface area contributed by atoms with E-state index in [-0.39, 0.29) is 11.5 Å². The summed E-state index contributed by atoms with van der Waals surface area (Å²) < 4.78 is 1.63. The number of amides is 1. The zero-order valence-corrected chi connectivity index (χ0v) is 15.1. The van der Waals surface area contributed by atoms with Crippen LogP contribution in [0.25, 0.3) is 10.2 Å². The molecule has 3 rings (SSSR count). The number of hydrogen-bond acceptors (Lipinski definition) is 5. The third kappa shape index (κ3) is 3.61. The number of pyridine rings is 1. The van der Waals surface area contributed by atoms with Gasteiger partial charge in [-0.15, -0.1) is 11.3 Å². The van der Waals surface area contributed by atoms with Gasteiger partial charge in [-0.25, -0.2) is 4.98 Å². The van der Waals surface area contributed by atoms with Crippen LogP contribution < -0.4 is 10.9 Å². The van der Waals surface area contributed by atoms with E-state index in [1.54, 1.807) is 23.3 Å². The summed E-state index contributed by atoms with van der Waals surface area (Å²) in [6.45, 7) is 4.96. The SMILES string of the molecule is CCCCn1cnc2sc(C(=O)NCc3ccncc3)c(C)c2c1=O. The van der Waals surface area contributed by atoms with Crippen molar-refractivity contribution in [2.45, 2.75) is 39.8 Å². The number of aryl methyl sites for hydroxylation is 2. The van der Waals surface area contributed by atoms with Gasteiger partial charge < -0.3 is 5.32 Å². The first-order valence-electron chi connectivity index (χ1n) is 8.27. The number of carbonyl (C=O) groups is 1. The Labute approximate surface area is 149 Å². The van der Waals surface area contributed by atoms with Gasteiger partial charge in [0.05, 0.1) is 16.6 Å². The summed E-state index contributed by atoms with van der Waals surface area (Å²) in [6, 6.07) is 3.71. The summed E-state index contributed by atoms with van der Waals surface area (Å²) in [6.07, 6.45) is 6.89. The molecule has 0 fully saturated rings. The molecule has 0 bridgehead atoms. The van der Waals surface area contributed by atoms with Gasteiger partial charge >= 0.3 is 0 Å². The Morgan fingerprint density at radius 1 is 1.32 bits per heavy atom. The second kappa shape index (κ2) is 7.57. The Balaban J connectivity index is 1.86. The molecule has 25 heavy (non-hydrogen) atoms. The van der Waals surface area contributed by atoms with E-state index in [0.29, 0.717) is 33.7 Å². The van der Waals surface area contributed by atoms with E-state index in [4.69, 9.17) is 0 Å². The van der Waals surface area contributed by atoms with Crippen LogP contribution in [0.4, 0.5) is 0 Å². The van der Waals surface area contributed by atoms with Gasteiger partial charge in [-0.1, -0.05) is 13.3 Å². The van der Waals surface area contributed by atoms with Crippen LogP contribution in [0.3, 0.4) is 0 Å². The Bertz CT molecular complexity index is 947. The van der Waals surface area contributed by atoms with Gasteiger partial charge in [0.2, 0.25) is 0 Å². The number of carbonyl (C=O) groups excluding carboxylic acids is 1. The third-order valence-electron chi connectivity index (χ3n) is 4.08. The number of rotatable bonds is 6. The summed E-state index contributed by atoms with van der Waals surface area (Å²) in [5, 5.41) is 3.45. The highest BCUT2D eigenvalue weighted by molar-refractivity contribution is 7.20. The minimum Gasteiger partial charge on any atom is -0.347 e. The number of fused-ring (bicyclic) bond motifs is 1. The fourth-order valence-electron chi connectivity index (χ4n) is 2.63. The first-order valence-corrected chi connectivity index (χ1v) is 9.09. The minimum atomic E-state index is -0.183. The summed E-state index contributed by atoms with van der Waals surface area (Å²) in [5.74, 6) is -0.183. The molecule has 0 saturated carbocycles. The van der Waals surface area contributed by atoms with Crippen LogP contribution in [0, 0.1) is 6.92 Å². The van der Waals surface area contributed by atoms with Crippen molar-refractivity contribution in [3.8, 4) is 0 Å². The molecule has 1 amide bonds. The predicted molar refractivity (Wildman–Crippen MR) is 98.9 cm³/mol. The standard InChI is InChI=1S/C18H20N4O2S/c1-3-4-9-22-11-21-17-14(18(22)24)12(2)15(25-17)16(23)20-10-13-5-7-19-8-6-13/h5-8,11H,3-4,9-10H2,1-2H3,(H,20,23). The fourth-order valence-corrected chi connectivity index (χ4v) is 3.68. The van der Waals surface area contributed by atoms with Gasteiger partial charge in [-0.3, -0.25) is 19.1 Å². The minimum absolute atomic E-state index is 0.0691. The highest BCUT2D eigenvalue weighted by Crippen LogP contribution is 2.26. The van der Waals surface area contributed by atoms with E-state index in [1.807, 2.05) is 19.1 Å². The number of nitrogens with zero attached hydrogens (tertiary/aromatic N) is 3.